The van der Waals surface area contributed by atoms with E-state index in [4.69, 9.17) is 16.3 Å². The third kappa shape index (κ3) is 3.56. The molecule has 0 aromatic heterocycles. The highest BCUT2D eigenvalue weighted by molar-refractivity contribution is 6.30. The number of methoxy groups -OCH3 is 1. The summed E-state index contributed by atoms with van der Waals surface area (Å²) >= 11 is 5.65. The van der Waals surface area contributed by atoms with Crippen LogP contribution in [0.1, 0.15) is 15.9 Å². The van der Waals surface area contributed by atoms with E-state index in [0.717, 1.165) is 11.6 Å². The maximum Gasteiger partial charge on any atom is 0.255 e. The van der Waals surface area contributed by atoms with Gasteiger partial charge in [-0.1, -0.05) is 23.7 Å². The van der Waals surface area contributed by atoms with Gasteiger partial charge in [-0.2, -0.15) is 0 Å². The number of benzene rings is 2. The van der Waals surface area contributed by atoms with E-state index in [2.05, 4.69) is 5.32 Å². The molecule has 0 bridgehead atoms. The van der Waals surface area contributed by atoms with Crippen LogP contribution < -0.4 is 5.32 Å². The summed E-state index contributed by atoms with van der Waals surface area (Å²) in [5.74, 6) is -0.947. The van der Waals surface area contributed by atoms with Crippen molar-refractivity contribution in [2.45, 2.75) is 6.61 Å². The second kappa shape index (κ2) is 6.50. The Hall–Kier alpha value is -1.91. The molecule has 0 aliphatic carbocycles. The second-order valence-corrected chi connectivity index (χ2v) is 4.64. The molecule has 0 heterocycles. The smallest absolute Gasteiger partial charge is 0.255 e. The summed E-state index contributed by atoms with van der Waals surface area (Å²) in [5.41, 5.74) is 1.50. The maximum atomic E-state index is 13.6. The summed E-state index contributed by atoms with van der Waals surface area (Å²) in [4.78, 5) is 12.0. The fraction of sp³-hybridized carbons (Fsp3) is 0.133. The first-order valence-corrected chi connectivity index (χ1v) is 6.32. The summed E-state index contributed by atoms with van der Waals surface area (Å²) in [5, 5.41) is 2.78. The maximum absolute atomic E-state index is 13.6. The molecule has 5 heteroatoms. The van der Waals surface area contributed by atoms with Crippen LogP contribution in [-0.2, 0) is 11.3 Å². The van der Waals surface area contributed by atoms with E-state index in [9.17, 15) is 9.18 Å². The van der Waals surface area contributed by atoms with Crippen LogP contribution in [0.2, 0.25) is 5.02 Å². The minimum atomic E-state index is -0.568. The standard InChI is InChI=1S/C15H13ClFNO2/c1-20-9-10-2-4-11(5-3-10)15(19)18-14-7-6-12(16)8-13(14)17/h2-8H,9H2,1H3,(H,18,19). The van der Waals surface area contributed by atoms with Gasteiger partial charge in [0.1, 0.15) is 5.82 Å². The highest BCUT2D eigenvalue weighted by Crippen LogP contribution is 2.19. The number of hydrogen-bond donors (Lipinski definition) is 1. The molecular formula is C15H13ClFNO2. The van der Waals surface area contributed by atoms with Crippen molar-refractivity contribution in [3.8, 4) is 0 Å². The van der Waals surface area contributed by atoms with Crippen LogP contribution in [0.25, 0.3) is 0 Å². The van der Waals surface area contributed by atoms with Crippen molar-refractivity contribution in [3.63, 3.8) is 0 Å². The lowest BCUT2D eigenvalue weighted by atomic mass is 10.1. The number of anilines is 1. The van der Waals surface area contributed by atoms with Crippen molar-refractivity contribution >= 4 is 23.2 Å². The monoisotopic (exact) mass is 293 g/mol. The SMILES string of the molecule is COCc1ccc(C(=O)Nc2ccc(Cl)cc2F)cc1. The summed E-state index contributed by atoms with van der Waals surface area (Å²) < 4.78 is 18.6. The fourth-order valence-electron chi connectivity index (χ4n) is 1.70. The Labute approximate surface area is 121 Å². The van der Waals surface area contributed by atoms with E-state index >= 15 is 0 Å². The van der Waals surface area contributed by atoms with Crippen molar-refractivity contribution in [2.75, 3.05) is 12.4 Å². The molecule has 3 nitrogen and oxygen atoms in total. The van der Waals surface area contributed by atoms with E-state index in [0.29, 0.717) is 12.2 Å². The predicted octanol–water partition coefficient (Wildman–Crippen LogP) is 3.88. The van der Waals surface area contributed by atoms with Crippen molar-refractivity contribution in [2.24, 2.45) is 0 Å². The van der Waals surface area contributed by atoms with Gasteiger partial charge >= 0.3 is 0 Å². The van der Waals surface area contributed by atoms with E-state index in [1.54, 1.807) is 31.4 Å². The topological polar surface area (TPSA) is 38.3 Å². The lowest BCUT2D eigenvalue weighted by Crippen LogP contribution is -2.13. The molecule has 20 heavy (non-hydrogen) atoms. The Balaban J connectivity index is 2.11. The van der Waals surface area contributed by atoms with E-state index in [1.807, 2.05) is 0 Å². The van der Waals surface area contributed by atoms with E-state index in [1.165, 1.54) is 12.1 Å². The molecule has 0 aliphatic heterocycles. The van der Waals surface area contributed by atoms with Crippen molar-refractivity contribution in [3.05, 3.63) is 64.4 Å². The molecule has 1 N–H and O–H groups in total. The molecule has 0 radical (unpaired) electrons. The zero-order valence-electron chi connectivity index (χ0n) is 10.8. The molecule has 0 saturated heterocycles. The van der Waals surface area contributed by atoms with E-state index < -0.39 is 5.82 Å². The number of halogens is 2. The number of carbonyl (C=O) groups excluding carboxylic acids is 1. The molecule has 0 atom stereocenters. The molecule has 2 rings (SSSR count). The van der Waals surface area contributed by atoms with E-state index in [-0.39, 0.29) is 16.6 Å². The molecule has 1 amide bonds. The zero-order chi connectivity index (χ0) is 14.5. The average Bonchev–Trinajstić information content (AvgIpc) is 2.43. The third-order valence-electron chi connectivity index (χ3n) is 2.71. The van der Waals surface area contributed by atoms with Crippen LogP contribution in [-0.4, -0.2) is 13.0 Å². The minimum absolute atomic E-state index is 0.0976. The van der Waals surface area contributed by atoms with Gasteiger partial charge in [0.2, 0.25) is 0 Å². The normalized spacial score (nSPS) is 10.3. The largest absolute Gasteiger partial charge is 0.380 e. The quantitative estimate of drug-likeness (QED) is 0.929. The van der Waals surface area contributed by atoms with Gasteiger partial charge in [0, 0.05) is 17.7 Å². The lowest BCUT2D eigenvalue weighted by Gasteiger charge is -2.07. The minimum Gasteiger partial charge on any atom is -0.380 e. The number of ether oxygens (including phenoxy) is 1. The Bertz CT molecular complexity index is 614. The molecule has 104 valence electrons. The van der Waals surface area contributed by atoms with Crippen LogP contribution in [0.3, 0.4) is 0 Å². The molecular weight excluding hydrogens is 281 g/mol. The first-order valence-electron chi connectivity index (χ1n) is 5.94. The number of amides is 1. The summed E-state index contributed by atoms with van der Waals surface area (Å²) in [6.45, 7) is 0.480. The molecule has 0 fully saturated rings. The van der Waals surface area contributed by atoms with Gasteiger partial charge in [-0.15, -0.1) is 0 Å². The van der Waals surface area contributed by atoms with Crippen LogP contribution in [0.15, 0.2) is 42.5 Å². The van der Waals surface area contributed by atoms with Crippen LogP contribution in [0, 0.1) is 5.82 Å². The number of hydrogen-bond acceptors (Lipinski definition) is 2. The van der Waals surface area contributed by atoms with Crippen molar-refractivity contribution in [1.82, 2.24) is 0 Å². The lowest BCUT2D eigenvalue weighted by molar-refractivity contribution is 0.102. The molecule has 2 aromatic rings. The van der Waals surface area contributed by atoms with Gasteiger partial charge in [0.05, 0.1) is 12.3 Å². The Kier molecular flexibility index (Phi) is 4.71. The molecule has 2 aromatic carbocycles. The number of nitrogens with one attached hydrogen (secondary N) is 1. The second-order valence-electron chi connectivity index (χ2n) is 4.21. The predicted molar refractivity (Wildman–Crippen MR) is 76.5 cm³/mol. The van der Waals surface area contributed by atoms with Crippen molar-refractivity contribution in [1.29, 1.82) is 0 Å². The first-order chi connectivity index (χ1) is 9.60. The summed E-state index contributed by atoms with van der Waals surface area (Å²) in [6.07, 6.45) is 0. The fourth-order valence-corrected chi connectivity index (χ4v) is 1.86. The Morgan fingerprint density at radius 3 is 2.55 bits per heavy atom. The summed E-state index contributed by atoms with van der Waals surface area (Å²) in [6, 6.07) is 11.0. The van der Waals surface area contributed by atoms with Crippen LogP contribution >= 0.6 is 11.6 Å². The Morgan fingerprint density at radius 2 is 1.95 bits per heavy atom. The Morgan fingerprint density at radius 1 is 1.25 bits per heavy atom. The first kappa shape index (κ1) is 14.5. The molecule has 0 spiro atoms. The summed E-state index contributed by atoms with van der Waals surface area (Å²) in [7, 11) is 1.60. The van der Waals surface area contributed by atoms with Gasteiger partial charge in [0.25, 0.3) is 5.91 Å². The third-order valence-corrected chi connectivity index (χ3v) is 2.94. The number of carbonyl (C=O) groups is 1. The average molecular weight is 294 g/mol. The molecule has 0 saturated carbocycles. The van der Waals surface area contributed by atoms with Gasteiger partial charge in [-0.05, 0) is 35.9 Å². The molecule has 0 unspecified atom stereocenters. The van der Waals surface area contributed by atoms with Crippen molar-refractivity contribution < 1.29 is 13.9 Å². The zero-order valence-corrected chi connectivity index (χ0v) is 11.6. The highest BCUT2D eigenvalue weighted by Gasteiger charge is 2.09. The van der Waals surface area contributed by atoms with Crippen LogP contribution in [0.4, 0.5) is 10.1 Å². The van der Waals surface area contributed by atoms with Gasteiger partial charge < -0.3 is 10.1 Å². The highest BCUT2D eigenvalue weighted by atomic mass is 35.5. The van der Waals surface area contributed by atoms with Crippen LogP contribution in [0.5, 0.6) is 0 Å². The number of rotatable bonds is 4. The van der Waals surface area contributed by atoms with Gasteiger partial charge in [-0.3, -0.25) is 4.79 Å². The molecule has 0 aliphatic rings. The van der Waals surface area contributed by atoms with Gasteiger partial charge in [0.15, 0.2) is 0 Å². The van der Waals surface area contributed by atoms with Gasteiger partial charge in [-0.25, -0.2) is 4.39 Å².